The highest BCUT2D eigenvalue weighted by atomic mass is 16.1. The van der Waals surface area contributed by atoms with Crippen LogP contribution in [-0.4, -0.2) is 27.6 Å². The second kappa shape index (κ2) is 8.34. The van der Waals surface area contributed by atoms with Gasteiger partial charge in [0.15, 0.2) is 0 Å². The van der Waals surface area contributed by atoms with Crippen LogP contribution < -0.4 is 16.8 Å². The van der Waals surface area contributed by atoms with Crippen LogP contribution in [0.2, 0.25) is 0 Å². The van der Waals surface area contributed by atoms with Gasteiger partial charge in [-0.15, -0.1) is 0 Å². The van der Waals surface area contributed by atoms with Gasteiger partial charge in [-0.1, -0.05) is 43.7 Å². The van der Waals surface area contributed by atoms with E-state index in [0.29, 0.717) is 23.7 Å². The van der Waals surface area contributed by atoms with Gasteiger partial charge in [-0.2, -0.15) is 5.10 Å². The number of nitrogen functional groups attached to an aromatic ring is 1. The van der Waals surface area contributed by atoms with Gasteiger partial charge < -0.3 is 16.8 Å². The maximum atomic E-state index is 12.2. The summed E-state index contributed by atoms with van der Waals surface area (Å²) in [7, 11) is 0. The van der Waals surface area contributed by atoms with E-state index in [4.69, 9.17) is 16.6 Å². The van der Waals surface area contributed by atoms with Gasteiger partial charge in [-0.25, -0.2) is 4.68 Å². The Labute approximate surface area is 176 Å². The Balaban J connectivity index is 1.61. The average Bonchev–Trinajstić information content (AvgIpc) is 3.49. The molecule has 0 bridgehead atoms. The lowest BCUT2D eigenvalue weighted by Crippen LogP contribution is -2.38. The third-order valence-electron chi connectivity index (χ3n) is 6.24. The van der Waals surface area contributed by atoms with Crippen molar-refractivity contribution in [1.82, 2.24) is 15.1 Å². The monoisotopic (exact) mass is 407 g/mol. The Bertz CT molecular complexity index is 976. The molecule has 0 radical (unpaired) electrons. The third kappa shape index (κ3) is 4.25. The Morgan fingerprint density at radius 1 is 1.27 bits per heavy atom. The molecule has 30 heavy (non-hydrogen) atoms. The lowest BCUT2D eigenvalue weighted by molar-refractivity contribution is -0.117. The van der Waals surface area contributed by atoms with Gasteiger partial charge >= 0.3 is 0 Å². The summed E-state index contributed by atoms with van der Waals surface area (Å²) in [6, 6.07) is 8.25. The van der Waals surface area contributed by atoms with Crippen molar-refractivity contribution in [3.8, 4) is 0 Å². The normalized spacial score (nSPS) is 19.0. The summed E-state index contributed by atoms with van der Waals surface area (Å²) in [5.74, 6) is 0.217. The van der Waals surface area contributed by atoms with Crippen molar-refractivity contribution in [2.24, 2.45) is 11.7 Å². The van der Waals surface area contributed by atoms with E-state index >= 15 is 0 Å². The molecule has 4 rings (SSSR count). The van der Waals surface area contributed by atoms with Crippen LogP contribution in [0.25, 0.3) is 0 Å². The zero-order valence-electron chi connectivity index (χ0n) is 17.1. The highest BCUT2D eigenvalue weighted by Crippen LogP contribution is 2.36. The largest absolute Gasteiger partial charge is 0.383 e. The first kappa shape index (κ1) is 20.2. The number of carbonyl (C=O) groups excluding carboxylic acids is 2. The molecule has 2 aliphatic rings. The third-order valence-corrected chi connectivity index (χ3v) is 6.24. The van der Waals surface area contributed by atoms with E-state index in [1.807, 2.05) is 6.07 Å². The second-order valence-electron chi connectivity index (χ2n) is 8.49. The Morgan fingerprint density at radius 3 is 2.67 bits per heavy atom. The number of nitrogens with zero attached hydrogens (tertiary/aromatic N) is 2. The van der Waals surface area contributed by atoms with Crippen molar-refractivity contribution in [2.75, 3.05) is 5.73 Å². The molecule has 2 atom stereocenters. The number of primary amides is 1. The number of aryl methyl sites for hydroxylation is 1. The summed E-state index contributed by atoms with van der Waals surface area (Å²) in [6.07, 6.45) is 7.12. The number of fused-ring (bicyclic) bond motifs is 1. The second-order valence-corrected chi connectivity index (χ2v) is 8.49. The molecule has 7 nitrogen and oxygen atoms in total. The van der Waals surface area contributed by atoms with Crippen LogP contribution in [-0.2, 0) is 24.2 Å². The smallest absolute Gasteiger partial charge is 0.254 e. The highest BCUT2D eigenvalue weighted by Gasteiger charge is 2.31. The summed E-state index contributed by atoms with van der Waals surface area (Å²) in [5.41, 5.74) is 15.7. The Hall–Kier alpha value is -3.09. The van der Waals surface area contributed by atoms with Gasteiger partial charge in [0.05, 0.1) is 12.2 Å². The molecule has 2 aliphatic carbocycles. The lowest BCUT2D eigenvalue weighted by atomic mass is 9.81. The molecule has 1 unspecified atom stereocenters. The number of carbonyl (C=O) groups is 2. The standard InChI is InChI=1S/C23H29N5O2/c1-2-19(29)26-18(11-14-7-8-14)13-28-22(24)20(23(25)30)21(27-28)17-10-9-15-5-3-4-6-16(15)12-17/h2-6,14,17-18H,1,7-13,24H2,(H2,25,30)(H,26,29)/t17?,18-/m1/s1. The van der Waals surface area contributed by atoms with Crippen LogP contribution in [0.15, 0.2) is 36.9 Å². The SMILES string of the molecule is C=CC(=O)N[C@H](CC1CC1)Cn1nc(C2CCc3ccccc3C2)c(C(N)=O)c1N. The molecule has 7 heteroatoms. The maximum absolute atomic E-state index is 12.2. The van der Waals surface area contributed by atoms with Crippen molar-refractivity contribution in [3.63, 3.8) is 0 Å². The van der Waals surface area contributed by atoms with Crippen LogP contribution in [0, 0.1) is 5.92 Å². The number of aromatic nitrogens is 2. The van der Waals surface area contributed by atoms with E-state index in [0.717, 1.165) is 25.7 Å². The summed E-state index contributed by atoms with van der Waals surface area (Å²) >= 11 is 0. The molecule has 0 saturated heterocycles. The maximum Gasteiger partial charge on any atom is 0.254 e. The van der Waals surface area contributed by atoms with Crippen LogP contribution in [0.5, 0.6) is 0 Å². The Kier molecular flexibility index (Phi) is 5.61. The summed E-state index contributed by atoms with van der Waals surface area (Å²) in [4.78, 5) is 24.1. The molecule has 1 heterocycles. The minimum absolute atomic E-state index is 0.0931. The number of nitrogens with one attached hydrogen (secondary N) is 1. The van der Waals surface area contributed by atoms with Crippen LogP contribution in [0.1, 0.15) is 58.8 Å². The zero-order valence-corrected chi connectivity index (χ0v) is 17.1. The van der Waals surface area contributed by atoms with Gasteiger partial charge in [-0.05, 0) is 48.8 Å². The van der Waals surface area contributed by atoms with Crippen LogP contribution in [0.4, 0.5) is 5.82 Å². The minimum Gasteiger partial charge on any atom is -0.383 e. The first-order valence-corrected chi connectivity index (χ1v) is 10.6. The van der Waals surface area contributed by atoms with Gasteiger partial charge in [0.1, 0.15) is 11.4 Å². The molecule has 1 aromatic heterocycles. The predicted octanol–water partition coefficient (Wildman–Crippen LogP) is 2.31. The van der Waals surface area contributed by atoms with Crippen molar-refractivity contribution in [1.29, 1.82) is 0 Å². The van der Waals surface area contributed by atoms with Crippen LogP contribution >= 0.6 is 0 Å². The summed E-state index contributed by atoms with van der Waals surface area (Å²) in [6.45, 7) is 3.94. The number of hydrogen-bond acceptors (Lipinski definition) is 4. The van der Waals surface area contributed by atoms with Gasteiger partial charge in [0.2, 0.25) is 5.91 Å². The van der Waals surface area contributed by atoms with Crippen molar-refractivity contribution in [3.05, 3.63) is 59.3 Å². The highest BCUT2D eigenvalue weighted by molar-refractivity contribution is 5.98. The molecular weight excluding hydrogens is 378 g/mol. The topological polar surface area (TPSA) is 116 Å². The number of anilines is 1. The van der Waals surface area contributed by atoms with E-state index < -0.39 is 5.91 Å². The number of amides is 2. The van der Waals surface area contributed by atoms with E-state index in [1.54, 1.807) is 4.68 Å². The van der Waals surface area contributed by atoms with Gasteiger partial charge in [0.25, 0.3) is 5.91 Å². The molecule has 1 fully saturated rings. The first-order chi connectivity index (χ1) is 14.5. The number of rotatable bonds is 8. The molecule has 158 valence electrons. The molecule has 5 N–H and O–H groups in total. The zero-order chi connectivity index (χ0) is 21.3. The lowest BCUT2D eigenvalue weighted by Gasteiger charge is -2.23. The van der Waals surface area contributed by atoms with E-state index in [1.165, 1.54) is 30.0 Å². The van der Waals surface area contributed by atoms with E-state index in [2.05, 4.69) is 30.1 Å². The summed E-state index contributed by atoms with van der Waals surface area (Å²) < 4.78 is 1.65. The van der Waals surface area contributed by atoms with E-state index in [9.17, 15) is 9.59 Å². The number of hydrogen-bond donors (Lipinski definition) is 3. The predicted molar refractivity (Wildman–Crippen MR) is 116 cm³/mol. The molecular formula is C23H29N5O2. The number of benzene rings is 1. The Morgan fingerprint density at radius 2 is 2.00 bits per heavy atom. The van der Waals surface area contributed by atoms with Crippen molar-refractivity contribution < 1.29 is 9.59 Å². The fraction of sp³-hybridized carbons (Fsp3) is 0.435. The number of nitrogens with two attached hydrogens (primary N) is 2. The van der Waals surface area contributed by atoms with Crippen LogP contribution in [0.3, 0.4) is 0 Å². The minimum atomic E-state index is -0.554. The fourth-order valence-corrected chi connectivity index (χ4v) is 4.51. The summed E-state index contributed by atoms with van der Waals surface area (Å²) in [5, 5.41) is 7.72. The van der Waals surface area contributed by atoms with Gasteiger partial charge in [-0.3, -0.25) is 9.59 Å². The molecule has 0 aliphatic heterocycles. The first-order valence-electron chi connectivity index (χ1n) is 10.6. The van der Waals surface area contributed by atoms with Gasteiger partial charge in [0, 0.05) is 12.0 Å². The quantitative estimate of drug-likeness (QED) is 0.582. The van der Waals surface area contributed by atoms with Crippen molar-refractivity contribution in [2.45, 2.75) is 57.0 Å². The average molecular weight is 408 g/mol. The van der Waals surface area contributed by atoms with E-state index in [-0.39, 0.29) is 23.7 Å². The molecule has 2 amide bonds. The van der Waals surface area contributed by atoms with Crippen molar-refractivity contribution >= 4 is 17.6 Å². The molecule has 2 aromatic rings. The fourth-order valence-electron chi connectivity index (χ4n) is 4.51. The molecule has 0 spiro atoms. The molecule has 1 aromatic carbocycles. The molecule has 1 saturated carbocycles.